The molecule has 0 aromatic heterocycles. The number of alkyl carbamates (subject to hydrolysis) is 1. The number of epoxide rings is 1. The predicted molar refractivity (Wildman–Crippen MR) is 61.9 cm³/mol. The second-order valence-electron chi connectivity index (χ2n) is 5.89. The third kappa shape index (κ3) is 1.94. The lowest BCUT2D eigenvalue weighted by Gasteiger charge is -2.27. The van der Waals surface area contributed by atoms with Gasteiger partial charge in [0.25, 0.3) is 0 Å². The molecule has 2 heterocycles. The van der Waals surface area contributed by atoms with Crippen LogP contribution in [-0.2, 0) is 19.0 Å². The van der Waals surface area contributed by atoms with E-state index in [2.05, 4.69) is 10.1 Å². The molecule has 0 spiro atoms. The fraction of sp³-hybridized carbons (Fsp3) is 0.833. The Bertz CT molecular complexity index is 390. The number of cyclic esters (lactones) is 1. The average Bonchev–Trinajstić information content (AvgIpc) is 2.83. The summed E-state index contributed by atoms with van der Waals surface area (Å²) in [5.41, 5.74) is -0.813. The van der Waals surface area contributed by atoms with Gasteiger partial charge in [0.1, 0.15) is 18.2 Å². The molecule has 2 aliphatic heterocycles. The summed E-state index contributed by atoms with van der Waals surface area (Å²) in [6.07, 6.45) is -1.12. The van der Waals surface area contributed by atoms with Crippen LogP contribution in [0.25, 0.3) is 0 Å². The van der Waals surface area contributed by atoms with Gasteiger partial charge in [-0.1, -0.05) is 13.8 Å². The summed E-state index contributed by atoms with van der Waals surface area (Å²) in [5, 5.41) is 2.52. The van der Waals surface area contributed by atoms with Crippen molar-refractivity contribution in [1.29, 1.82) is 0 Å². The van der Waals surface area contributed by atoms with E-state index in [9.17, 15) is 9.59 Å². The van der Waals surface area contributed by atoms with Crippen molar-refractivity contribution in [3.05, 3.63) is 0 Å². The number of carbonyl (C=O) groups excluding carboxylic acids is 2. The minimum absolute atomic E-state index is 0.124. The number of nitrogens with one attached hydrogen (secondary N) is 1. The molecular weight excluding hydrogens is 238 g/mol. The minimum Gasteiger partial charge on any atom is -0.457 e. The highest BCUT2D eigenvalue weighted by Crippen LogP contribution is 2.48. The number of esters is 1. The van der Waals surface area contributed by atoms with Crippen LogP contribution in [0.15, 0.2) is 0 Å². The van der Waals surface area contributed by atoms with Crippen LogP contribution in [-0.4, -0.2) is 43.0 Å². The lowest BCUT2D eigenvalue weighted by atomic mass is 9.78. The van der Waals surface area contributed by atoms with Crippen LogP contribution in [0.4, 0.5) is 4.79 Å². The molecule has 2 fully saturated rings. The number of methoxy groups -OCH3 is 1. The molecule has 0 aromatic rings. The number of hydrogen-bond acceptors (Lipinski definition) is 5. The Morgan fingerprint density at radius 3 is 2.28 bits per heavy atom. The molecule has 102 valence electrons. The third-order valence-electron chi connectivity index (χ3n) is 3.74. The summed E-state index contributed by atoms with van der Waals surface area (Å²) in [4.78, 5) is 23.1. The Hall–Kier alpha value is -1.30. The van der Waals surface area contributed by atoms with Crippen molar-refractivity contribution in [2.75, 3.05) is 7.11 Å². The van der Waals surface area contributed by atoms with Crippen LogP contribution in [0, 0.1) is 5.41 Å². The van der Waals surface area contributed by atoms with Crippen LogP contribution in [0.5, 0.6) is 0 Å². The van der Waals surface area contributed by atoms with Gasteiger partial charge in [-0.2, -0.15) is 0 Å². The summed E-state index contributed by atoms with van der Waals surface area (Å²) in [5.74, 6) is -0.443. The number of amides is 1. The first-order chi connectivity index (χ1) is 8.20. The molecule has 0 unspecified atom stereocenters. The number of rotatable bonds is 2. The number of carbonyl (C=O) groups is 2. The van der Waals surface area contributed by atoms with Gasteiger partial charge in [0.05, 0.1) is 12.7 Å². The molecule has 2 aliphatic rings. The quantitative estimate of drug-likeness (QED) is 0.586. The molecule has 1 N–H and O–H groups in total. The van der Waals surface area contributed by atoms with Crippen LogP contribution >= 0.6 is 0 Å². The maximum Gasteiger partial charge on any atom is 0.407 e. The molecule has 0 aliphatic carbocycles. The van der Waals surface area contributed by atoms with Gasteiger partial charge in [0, 0.05) is 5.41 Å². The highest BCUT2D eigenvalue weighted by Gasteiger charge is 2.64. The molecule has 6 nitrogen and oxygen atoms in total. The zero-order valence-electron chi connectivity index (χ0n) is 11.3. The average molecular weight is 257 g/mol. The molecule has 0 saturated carbocycles. The molecular formula is C12H19NO5. The van der Waals surface area contributed by atoms with Crippen molar-refractivity contribution in [1.82, 2.24) is 5.32 Å². The van der Waals surface area contributed by atoms with Crippen LogP contribution in [0.3, 0.4) is 0 Å². The van der Waals surface area contributed by atoms with Gasteiger partial charge in [0.2, 0.25) is 0 Å². The van der Waals surface area contributed by atoms with Crippen LogP contribution < -0.4 is 5.32 Å². The second-order valence-corrected chi connectivity index (χ2v) is 5.89. The fourth-order valence-electron chi connectivity index (χ4n) is 2.41. The standard InChI is InChI=1S/C12H19NO5/c1-11(2)6(13-10(15)16-5)9(14)17-7(11)8-12(3,4)18-8/h6-8H,1-5H3,(H,13,15)/t6-,7-,8+/m0/s1. The van der Waals surface area contributed by atoms with Crippen molar-refractivity contribution in [3.63, 3.8) is 0 Å². The van der Waals surface area contributed by atoms with E-state index in [0.29, 0.717) is 0 Å². The van der Waals surface area contributed by atoms with Gasteiger partial charge in [-0.05, 0) is 13.8 Å². The summed E-state index contributed by atoms with van der Waals surface area (Å²) < 4.78 is 15.4. The van der Waals surface area contributed by atoms with E-state index in [1.165, 1.54) is 7.11 Å². The normalized spacial score (nSPS) is 35.8. The first-order valence-electron chi connectivity index (χ1n) is 5.93. The SMILES string of the molecule is COC(=O)N[C@H]1C(=O)O[C@@H]([C@H]2OC2(C)C)C1(C)C. The maximum atomic E-state index is 11.8. The topological polar surface area (TPSA) is 77.2 Å². The lowest BCUT2D eigenvalue weighted by molar-refractivity contribution is -0.143. The fourth-order valence-corrected chi connectivity index (χ4v) is 2.41. The Morgan fingerprint density at radius 1 is 1.28 bits per heavy atom. The first-order valence-corrected chi connectivity index (χ1v) is 5.93. The monoisotopic (exact) mass is 257 g/mol. The smallest absolute Gasteiger partial charge is 0.407 e. The zero-order valence-corrected chi connectivity index (χ0v) is 11.3. The molecule has 2 saturated heterocycles. The molecule has 3 atom stereocenters. The van der Waals surface area contributed by atoms with Gasteiger partial charge in [-0.25, -0.2) is 9.59 Å². The van der Waals surface area contributed by atoms with Gasteiger partial charge in [-0.3, -0.25) is 0 Å². The Morgan fingerprint density at radius 2 is 1.83 bits per heavy atom. The van der Waals surface area contributed by atoms with E-state index in [4.69, 9.17) is 9.47 Å². The summed E-state index contributed by atoms with van der Waals surface area (Å²) in [6, 6.07) is -0.713. The molecule has 18 heavy (non-hydrogen) atoms. The summed E-state index contributed by atoms with van der Waals surface area (Å²) >= 11 is 0. The van der Waals surface area contributed by atoms with E-state index in [0.717, 1.165) is 0 Å². The Balaban J connectivity index is 2.14. The molecule has 0 aromatic carbocycles. The lowest BCUT2D eigenvalue weighted by Crippen LogP contribution is -2.49. The molecule has 0 bridgehead atoms. The predicted octanol–water partition coefficient (Wildman–Crippen LogP) is 0.840. The van der Waals surface area contributed by atoms with Crippen LogP contribution in [0.1, 0.15) is 27.7 Å². The van der Waals surface area contributed by atoms with Crippen molar-refractivity contribution >= 4 is 12.1 Å². The minimum atomic E-state index is -0.713. The Kier molecular flexibility index (Phi) is 2.81. The summed E-state index contributed by atoms with van der Waals surface area (Å²) in [7, 11) is 1.26. The molecule has 6 heteroatoms. The van der Waals surface area contributed by atoms with Crippen molar-refractivity contribution in [3.8, 4) is 0 Å². The van der Waals surface area contributed by atoms with Gasteiger partial charge in [0.15, 0.2) is 0 Å². The van der Waals surface area contributed by atoms with E-state index < -0.39 is 23.5 Å². The molecule has 2 rings (SSSR count). The maximum absolute atomic E-state index is 11.8. The van der Waals surface area contributed by atoms with Crippen molar-refractivity contribution in [2.45, 2.75) is 51.5 Å². The molecule has 0 radical (unpaired) electrons. The van der Waals surface area contributed by atoms with E-state index in [-0.39, 0.29) is 17.8 Å². The highest BCUT2D eigenvalue weighted by molar-refractivity contribution is 5.84. The van der Waals surface area contributed by atoms with E-state index in [1.54, 1.807) is 0 Å². The van der Waals surface area contributed by atoms with E-state index >= 15 is 0 Å². The van der Waals surface area contributed by atoms with E-state index in [1.807, 2.05) is 27.7 Å². The van der Waals surface area contributed by atoms with Gasteiger partial charge < -0.3 is 19.5 Å². The van der Waals surface area contributed by atoms with Gasteiger partial charge in [-0.15, -0.1) is 0 Å². The van der Waals surface area contributed by atoms with Crippen LogP contribution in [0.2, 0.25) is 0 Å². The van der Waals surface area contributed by atoms with Gasteiger partial charge >= 0.3 is 12.1 Å². The number of hydrogen-bond donors (Lipinski definition) is 1. The highest BCUT2D eigenvalue weighted by atomic mass is 16.6. The summed E-state index contributed by atoms with van der Waals surface area (Å²) in [6.45, 7) is 7.65. The largest absolute Gasteiger partial charge is 0.457 e. The van der Waals surface area contributed by atoms with Crippen molar-refractivity contribution < 1.29 is 23.8 Å². The third-order valence-corrected chi connectivity index (χ3v) is 3.74. The second kappa shape index (κ2) is 3.85. The number of ether oxygens (including phenoxy) is 3. The Labute approximate surface area is 106 Å². The molecule has 1 amide bonds. The zero-order chi connectivity index (χ0) is 13.7. The van der Waals surface area contributed by atoms with Crippen molar-refractivity contribution in [2.24, 2.45) is 5.41 Å². The first kappa shape index (κ1) is 13.1.